The van der Waals surface area contributed by atoms with Crippen LogP contribution in [0.4, 0.5) is 30.6 Å². The summed E-state index contributed by atoms with van der Waals surface area (Å²) in [7, 11) is 0. The van der Waals surface area contributed by atoms with E-state index in [1.807, 2.05) is 0 Å². The van der Waals surface area contributed by atoms with Gasteiger partial charge >= 0.3 is 12.6 Å². The van der Waals surface area contributed by atoms with Gasteiger partial charge in [-0.1, -0.05) is 12.1 Å². The summed E-state index contributed by atoms with van der Waals surface area (Å²) in [6.07, 6.45) is 0. The van der Waals surface area contributed by atoms with E-state index in [1.54, 1.807) is 30.3 Å². The largest absolute Gasteiger partial charge is 0.433 e. The highest BCUT2D eigenvalue weighted by molar-refractivity contribution is 6.00. The van der Waals surface area contributed by atoms with Gasteiger partial charge in [-0.05, 0) is 36.4 Å². The van der Waals surface area contributed by atoms with Crippen LogP contribution < -0.4 is 21.1 Å². The molecule has 0 radical (unpaired) electrons. The van der Waals surface area contributed by atoms with Crippen molar-refractivity contribution in [1.29, 1.82) is 0 Å². The van der Waals surface area contributed by atoms with Gasteiger partial charge < -0.3 is 21.1 Å². The molecule has 110 valence electrons. The molecule has 0 aliphatic carbocycles. The summed E-state index contributed by atoms with van der Waals surface area (Å²) in [6, 6.07) is 11.8. The summed E-state index contributed by atoms with van der Waals surface area (Å²) in [5, 5.41) is 4.99. The third-order valence-corrected chi connectivity index (χ3v) is 2.52. The Kier molecular flexibility index (Phi) is 4.55. The van der Waals surface area contributed by atoms with E-state index < -0.39 is 12.6 Å². The Morgan fingerprint density at radius 2 is 1.71 bits per heavy atom. The first kappa shape index (κ1) is 14.6. The Bertz CT molecular complexity index is 618. The van der Waals surface area contributed by atoms with Gasteiger partial charge in [0.25, 0.3) is 0 Å². The number of amides is 2. The number of nitrogen functional groups attached to an aromatic ring is 1. The molecule has 2 aromatic rings. The average molecular weight is 293 g/mol. The maximum atomic E-state index is 12.3. The monoisotopic (exact) mass is 293 g/mol. The van der Waals surface area contributed by atoms with Crippen LogP contribution in [0.25, 0.3) is 0 Å². The van der Waals surface area contributed by atoms with Gasteiger partial charge in [-0.3, -0.25) is 0 Å². The van der Waals surface area contributed by atoms with Crippen molar-refractivity contribution < 1.29 is 18.3 Å². The van der Waals surface area contributed by atoms with Crippen molar-refractivity contribution in [1.82, 2.24) is 0 Å². The predicted molar refractivity (Wildman–Crippen MR) is 76.6 cm³/mol. The Hall–Kier alpha value is -2.83. The SMILES string of the molecule is Nc1ccc(NC(=O)Nc2ccccc2OC(F)F)cc1. The normalized spacial score (nSPS) is 10.2. The third-order valence-electron chi connectivity index (χ3n) is 2.52. The maximum Gasteiger partial charge on any atom is 0.387 e. The predicted octanol–water partition coefficient (Wildman–Crippen LogP) is 3.51. The molecule has 0 saturated carbocycles. The standard InChI is InChI=1S/C14H13F2N3O2/c15-13(16)21-12-4-2-1-3-11(12)19-14(20)18-10-7-5-9(17)6-8-10/h1-8,13H,17H2,(H2,18,19,20). The zero-order valence-corrected chi connectivity index (χ0v) is 10.8. The maximum absolute atomic E-state index is 12.3. The van der Waals surface area contributed by atoms with Crippen molar-refractivity contribution in [3.8, 4) is 5.75 Å². The van der Waals surface area contributed by atoms with Gasteiger partial charge in [-0.15, -0.1) is 0 Å². The Balaban J connectivity index is 2.04. The number of alkyl halides is 2. The molecular formula is C14H13F2N3O2. The minimum Gasteiger partial charge on any atom is -0.433 e. The lowest BCUT2D eigenvalue weighted by Crippen LogP contribution is -2.20. The summed E-state index contributed by atoms with van der Waals surface area (Å²) >= 11 is 0. The van der Waals surface area contributed by atoms with Crippen LogP contribution in [0.1, 0.15) is 0 Å². The van der Waals surface area contributed by atoms with E-state index in [1.165, 1.54) is 18.2 Å². The van der Waals surface area contributed by atoms with Crippen LogP contribution in [0.5, 0.6) is 5.75 Å². The number of urea groups is 1. The van der Waals surface area contributed by atoms with E-state index >= 15 is 0 Å². The molecule has 0 fully saturated rings. The molecule has 0 spiro atoms. The number of carbonyl (C=O) groups excluding carboxylic acids is 1. The number of hydrogen-bond donors (Lipinski definition) is 3. The summed E-state index contributed by atoms with van der Waals surface area (Å²) in [6.45, 7) is -2.96. The van der Waals surface area contributed by atoms with Crippen LogP contribution in [0.15, 0.2) is 48.5 Å². The fourth-order valence-corrected chi connectivity index (χ4v) is 1.62. The van der Waals surface area contributed by atoms with Gasteiger partial charge in [0.15, 0.2) is 0 Å². The first-order valence-electron chi connectivity index (χ1n) is 6.02. The molecule has 0 saturated heterocycles. The average Bonchev–Trinajstić information content (AvgIpc) is 2.43. The molecule has 5 nitrogen and oxygen atoms in total. The van der Waals surface area contributed by atoms with Gasteiger partial charge in [0.05, 0.1) is 5.69 Å². The first-order valence-corrected chi connectivity index (χ1v) is 6.02. The molecule has 21 heavy (non-hydrogen) atoms. The van der Waals surface area contributed by atoms with E-state index in [4.69, 9.17) is 5.73 Å². The second-order valence-corrected chi connectivity index (χ2v) is 4.08. The summed E-state index contributed by atoms with van der Waals surface area (Å²) in [5.41, 5.74) is 6.76. The minimum atomic E-state index is -2.96. The number of benzene rings is 2. The smallest absolute Gasteiger partial charge is 0.387 e. The van der Waals surface area contributed by atoms with Crippen LogP contribution in [0.3, 0.4) is 0 Å². The van der Waals surface area contributed by atoms with Gasteiger partial charge in [0, 0.05) is 11.4 Å². The van der Waals surface area contributed by atoms with Crippen molar-refractivity contribution in [2.75, 3.05) is 16.4 Å². The molecule has 7 heteroatoms. The van der Waals surface area contributed by atoms with Crippen molar-refractivity contribution in [2.24, 2.45) is 0 Å². The van der Waals surface area contributed by atoms with Gasteiger partial charge in [-0.2, -0.15) is 8.78 Å². The fraction of sp³-hybridized carbons (Fsp3) is 0.0714. The molecule has 2 amide bonds. The third kappa shape index (κ3) is 4.34. The van der Waals surface area contributed by atoms with Crippen LogP contribution in [0, 0.1) is 0 Å². The van der Waals surface area contributed by atoms with E-state index in [9.17, 15) is 13.6 Å². The first-order chi connectivity index (χ1) is 10.0. The highest BCUT2D eigenvalue weighted by atomic mass is 19.3. The molecule has 0 aliphatic heterocycles. The minimum absolute atomic E-state index is 0.111. The van der Waals surface area contributed by atoms with Crippen LogP contribution in [0.2, 0.25) is 0 Å². The Morgan fingerprint density at radius 3 is 2.38 bits per heavy atom. The number of carbonyl (C=O) groups is 1. The second-order valence-electron chi connectivity index (χ2n) is 4.08. The van der Waals surface area contributed by atoms with Crippen LogP contribution in [-0.2, 0) is 0 Å². The second kappa shape index (κ2) is 6.56. The lowest BCUT2D eigenvalue weighted by Gasteiger charge is -2.12. The molecule has 0 bridgehead atoms. The lowest BCUT2D eigenvalue weighted by atomic mass is 10.3. The van der Waals surface area contributed by atoms with Gasteiger partial charge in [0.2, 0.25) is 0 Å². The summed E-state index contributed by atoms with van der Waals surface area (Å²) in [5.74, 6) is -0.111. The number of nitrogens with one attached hydrogen (secondary N) is 2. The van der Waals surface area contributed by atoms with E-state index in [0.717, 1.165) is 0 Å². The molecule has 0 atom stereocenters. The fourth-order valence-electron chi connectivity index (χ4n) is 1.62. The number of rotatable bonds is 4. The molecule has 0 unspecified atom stereocenters. The van der Waals surface area contributed by atoms with Gasteiger partial charge in [0.1, 0.15) is 5.75 Å². The summed E-state index contributed by atoms with van der Waals surface area (Å²) in [4.78, 5) is 11.8. The highest BCUT2D eigenvalue weighted by Gasteiger charge is 2.11. The number of nitrogens with two attached hydrogens (primary N) is 1. The summed E-state index contributed by atoms with van der Waals surface area (Å²) < 4.78 is 28.8. The number of anilines is 3. The Labute approximate surface area is 119 Å². The zero-order chi connectivity index (χ0) is 15.2. The molecule has 0 aliphatic rings. The van der Waals surface area contributed by atoms with E-state index in [0.29, 0.717) is 11.4 Å². The van der Waals surface area contributed by atoms with Crippen molar-refractivity contribution in [3.63, 3.8) is 0 Å². The Morgan fingerprint density at radius 1 is 1.05 bits per heavy atom. The number of hydrogen-bond acceptors (Lipinski definition) is 3. The molecule has 0 heterocycles. The van der Waals surface area contributed by atoms with Crippen molar-refractivity contribution in [2.45, 2.75) is 6.61 Å². The number of para-hydroxylation sites is 2. The lowest BCUT2D eigenvalue weighted by molar-refractivity contribution is -0.0493. The van der Waals surface area contributed by atoms with E-state index in [2.05, 4.69) is 15.4 Å². The highest BCUT2D eigenvalue weighted by Crippen LogP contribution is 2.25. The van der Waals surface area contributed by atoms with E-state index in [-0.39, 0.29) is 11.4 Å². The van der Waals surface area contributed by atoms with Crippen LogP contribution in [-0.4, -0.2) is 12.6 Å². The molecule has 2 aromatic carbocycles. The van der Waals surface area contributed by atoms with Crippen molar-refractivity contribution in [3.05, 3.63) is 48.5 Å². The number of halogens is 2. The molecule has 0 aromatic heterocycles. The molecule has 4 N–H and O–H groups in total. The zero-order valence-electron chi connectivity index (χ0n) is 10.8. The van der Waals surface area contributed by atoms with Crippen molar-refractivity contribution >= 4 is 23.1 Å². The topological polar surface area (TPSA) is 76.4 Å². The number of ether oxygens (including phenoxy) is 1. The van der Waals surface area contributed by atoms with Gasteiger partial charge in [-0.25, -0.2) is 4.79 Å². The molecular weight excluding hydrogens is 280 g/mol. The molecule has 2 rings (SSSR count). The van der Waals surface area contributed by atoms with Crippen LogP contribution >= 0.6 is 0 Å². The quantitative estimate of drug-likeness (QED) is 0.755.